The minimum Gasteiger partial charge on any atom is -0.496 e. The van der Waals surface area contributed by atoms with Crippen molar-refractivity contribution in [1.29, 1.82) is 0 Å². The van der Waals surface area contributed by atoms with E-state index in [9.17, 15) is 9.59 Å². The second kappa shape index (κ2) is 6.52. The Kier molecular flexibility index (Phi) is 4.28. The van der Waals surface area contributed by atoms with Crippen LogP contribution in [0.25, 0.3) is 0 Å². The molecule has 23 heavy (non-hydrogen) atoms. The first kappa shape index (κ1) is 15.1. The first-order valence-electron chi connectivity index (χ1n) is 7.39. The van der Waals surface area contributed by atoms with Gasteiger partial charge in [0.2, 0.25) is 0 Å². The lowest BCUT2D eigenvalue weighted by atomic mass is 10.2. The van der Waals surface area contributed by atoms with E-state index in [1.165, 1.54) is 7.11 Å². The molecular weight excluding hydrogens is 294 g/mol. The molecule has 2 aromatic rings. The summed E-state index contributed by atoms with van der Waals surface area (Å²) in [6.45, 7) is 0.329. The molecule has 0 radical (unpaired) electrons. The van der Waals surface area contributed by atoms with Gasteiger partial charge < -0.3 is 14.4 Å². The van der Waals surface area contributed by atoms with Crippen molar-refractivity contribution in [2.45, 2.75) is 6.42 Å². The number of para-hydroxylation sites is 2. The lowest BCUT2D eigenvalue weighted by Gasteiger charge is -2.17. The number of hydrogen-bond acceptors (Lipinski definition) is 4. The molecule has 3 rings (SSSR count). The summed E-state index contributed by atoms with van der Waals surface area (Å²) in [5.74, 6) is -0.363. The van der Waals surface area contributed by atoms with Gasteiger partial charge in [0, 0.05) is 12.2 Å². The number of carbonyl (C=O) groups is 2. The fourth-order valence-electron chi connectivity index (χ4n) is 2.69. The summed E-state index contributed by atoms with van der Waals surface area (Å²) in [4.78, 5) is 26.1. The molecule has 2 aromatic carbocycles. The molecule has 0 aromatic heterocycles. The zero-order chi connectivity index (χ0) is 16.2. The molecule has 0 N–H and O–H groups in total. The second-order valence-corrected chi connectivity index (χ2v) is 5.20. The molecule has 1 aliphatic heterocycles. The first-order valence-corrected chi connectivity index (χ1v) is 7.39. The largest absolute Gasteiger partial charge is 0.496 e. The van der Waals surface area contributed by atoms with E-state index in [0.29, 0.717) is 17.9 Å². The number of nitrogens with zero attached hydrogens (tertiary/aromatic N) is 1. The van der Waals surface area contributed by atoms with Crippen LogP contribution < -0.4 is 9.64 Å². The smallest absolute Gasteiger partial charge is 0.342 e. The Morgan fingerprint density at radius 1 is 1.09 bits per heavy atom. The molecule has 0 saturated carbocycles. The van der Waals surface area contributed by atoms with Gasteiger partial charge in [0.1, 0.15) is 11.3 Å². The Morgan fingerprint density at radius 3 is 2.65 bits per heavy atom. The molecular formula is C18H17NO4. The molecule has 0 spiro atoms. The van der Waals surface area contributed by atoms with Gasteiger partial charge >= 0.3 is 5.97 Å². The molecule has 1 aliphatic rings. The van der Waals surface area contributed by atoms with Crippen LogP contribution in [0.15, 0.2) is 48.5 Å². The van der Waals surface area contributed by atoms with Gasteiger partial charge in [-0.05, 0) is 30.2 Å². The number of amides is 1. The van der Waals surface area contributed by atoms with Crippen LogP contribution in [0.2, 0.25) is 0 Å². The Hall–Kier alpha value is -2.82. The first-order chi connectivity index (χ1) is 11.2. The van der Waals surface area contributed by atoms with Crippen molar-refractivity contribution in [1.82, 2.24) is 0 Å². The van der Waals surface area contributed by atoms with E-state index in [0.717, 1.165) is 17.7 Å². The molecule has 1 amide bonds. The van der Waals surface area contributed by atoms with Crippen molar-refractivity contribution in [3.05, 3.63) is 59.7 Å². The summed E-state index contributed by atoms with van der Waals surface area (Å²) in [5, 5.41) is 0. The molecule has 0 atom stereocenters. The summed E-state index contributed by atoms with van der Waals surface area (Å²) in [5.41, 5.74) is 2.34. The number of methoxy groups -OCH3 is 1. The number of esters is 1. The van der Waals surface area contributed by atoms with Gasteiger partial charge in [-0.3, -0.25) is 4.79 Å². The molecule has 0 aliphatic carbocycles. The number of benzene rings is 2. The Bertz CT molecular complexity index is 741. The minimum absolute atomic E-state index is 0.224. The fourth-order valence-corrected chi connectivity index (χ4v) is 2.69. The van der Waals surface area contributed by atoms with Gasteiger partial charge in [-0.25, -0.2) is 4.79 Å². The highest BCUT2D eigenvalue weighted by Crippen LogP contribution is 2.27. The highest BCUT2D eigenvalue weighted by atomic mass is 16.5. The van der Waals surface area contributed by atoms with E-state index in [-0.39, 0.29) is 12.5 Å². The molecule has 0 saturated heterocycles. The van der Waals surface area contributed by atoms with Crippen LogP contribution >= 0.6 is 0 Å². The Balaban J connectivity index is 1.65. The molecule has 1 heterocycles. The molecule has 5 nitrogen and oxygen atoms in total. The van der Waals surface area contributed by atoms with Crippen LogP contribution in [-0.2, 0) is 16.0 Å². The van der Waals surface area contributed by atoms with Crippen LogP contribution in [0.4, 0.5) is 5.69 Å². The Morgan fingerprint density at radius 2 is 1.83 bits per heavy atom. The molecule has 5 heteroatoms. The van der Waals surface area contributed by atoms with Crippen LogP contribution in [-0.4, -0.2) is 32.1 Å². The molecule has 0 fully saturated rings. The second-order valence-electron chi connectivity index (χ2n) is 5.20. The van der Waals surface area contributed by atoms with Crippen molar-refractivity contribution < 1.29 is 19.1 Å². The SMILES string of the molecule is COc1ccccc1C(=O)OCC(=O)N1CCc2ccccc21. The summed E-state index contributed by atoms with van der Waals surface area (Å²) in [6.07, 6.45) is 0.822. The number of fused-ring (bicyclic) bond motifs is 1. The van der Waals surface area contributed by atoms with Gasteiger partial charge in [-0.15, -0.1) is 0 Å². The third-order valence-electron chi connectivity index (χ3n) is 3.84. The summed E-state index contributed by atoms with van der Waals surface area (Å²) >= 11 is 0. The van der Waals surface area contributed by atoms with Gasteiger partial charge in [0.25, 0.3) is 5.91 Å². The summed E-state index contributed by atoms with van der Waals surface area (Å²) < 4.78 is 10.3. The number of hydrogen-bond donors (Lipinski definition) is 0. The molecule has 0 bridgehead atoms. The number of ether oxygens (including phenoxy) is 2. The van der Waals surface area contributed by atoms with Crippen molar-refractivity contribution in [3.63, 3.8) is 0 Å². The maximum Gasteiger partial charge on any atom is 0.342 e. The van der Waals surface area contributed by atoms with Crippen molar-refractivity contribution in [3.8, 4) is 5.75 Å². The van der Waals surface area contributed by atoms with E-state index >= 15 is 0 Å². The van der Waals surface area contributed by atoms with Crippen molar-refractivity contribution in [2.24, 2.45) is 0 Å². The monoisotopic (exact) mass is 311 g/mol. The topological polar surface area (TPSA) is 55.8 Å². The number of rotatable bonds is 4. The highest BCUT2D eigenvalue weighted by molar-refractivity contribution is 5.99. The Labute approximate surface area is 134 Å². The fraction of sp³-hybridized carbons (Fsp3) is 0.222. The standard InChI is InChI=1S/C18H17NO4/c1-22-16-9-5-3-7-14(16)18(21)23-12-17(20)19-11-10-13-6-2-4-8-15(13)19/h2-9H,10-12H2,1H3. The van der Waals surface area contributed by atoms with E-state index < -0.39 is 5.97 Å². The van der Waals surface area contributed by atoms with Crippen LogP contribution in [0.5, 0.6) is 5.75 Å². The maximum atomic E-state index is 12.3. The third kappa shape index (κ3) is 3.04. The van der Waals surface area contributed by atoms with Gasteiger partial charge in [-0.2, -0.15) is 0 Å². The number of anilines is 1. The molecule has 118 valence electrons. The van der Waals surface area contributed by atoms with Crippen LogP contribution in [0, 0.1) is 0 Å². The van der Waals surface area contributed by atoms with E-state index in [1.807, 2.05) is 24.3 Å². The zero-order valence-electron chi connectivity index (χ0n) is 12.8. The average molecular weight is 311 g/mol. The third-order valence-corrected chi connectivity index (χ3v) is 3.84. The lowest BCUT2D eigenvalue weighted by molar-refractivity contribution is -0.121. The minimum atomic E-state index is -0.566. The number of carbonyl (C=O) groups excluding carboxylic acids is 2. The zero-order valence-corrected chi connectivity index (χ0v) is 12.8. The van der Waals surface area contributed by atoms with E-state index in [4.69, 9.17) is 9.47 Å². The van der Waals surface area contributed by atoms with E-state index in [1.54, 1.807) is 29.2 Å². The van der Waals surface area contributed by atoms with Crippen molar-refractivity contribution in [2.75, 3.05) is 25.2 Å². The molecule has 0 unspecified atom stereocenters. The summed E-state index contributed by atoms with van der Waals surface area (Å²) in [6, 6.07) is 14.5. The van der Waals surface area contributed by atoms with Crippen LogP contribution in [0.3, 0.4) is 0 Å². The van der Waals surface area contributed by atoms with E-state index in [2.05, 4.69) is 0 Å². The van der Waals surface area contributed by atoms with Crippen LogP contribution in [0.1, 0.15) is 15.9 Å². The van der Waals surface area contributed by atoms with Gasteiger partial charge in [-0.1, -0.05) is 30.3 Å². The predicted molar refractivity (Wildman–Crippen MR) is 85.8 cm³/mol. The maximum absolute atomic E-state index is 12.3. The highest BCUT2D eigenvalue weighted by Gasteiger charge is 2.25. The average Bonchev–Trinajstić information content (AvgIpc) is 3.03. The quantitative estimate of drug-likeness (QED) is 0.814. The normalized spacial score (nSPS) is 12.7. The lowest BCUT2D eigenvalue weighted by Crippen LogP contribution is -2.33. The summed E-state index contributed by atoms with van der Waals surface area (Å²) in [7, 11) is 1.48. The predicted octanol–water partition coefficient (Wildman–Crippen LogP) is 2.44. The van der Waals surface area contributed by atoms with Gasteiger partial charge in [0.05, 0.1) is 7.11 Å². The van der Waals surface area contributed by atoms with Gasteiger partial charge in [0.15, 0.2) is 6.61 Å². The van der Waals surface area contributed by atoms with Crippen molar-refractivity contribution >= 4 is 17.6 Å².